The lowest BCUT2D eigenvalue weighted by Crippen LogP contribution is -2.61. The molecule has 1 saturated heterocycles. The highest BCUT2D eigenvalue weighted by molar-refractivity contribution is 5.98. The number of hydrogen-bond donors (Lipinski definition) is 7. The molecule has 0 bridgehead atoms. The van der Waals surface area contributed by atoms with Crippen LogP contribution in [0.3, 0.4) is 0 Å². The van der Waals surface area contributed by atoms with Crippen molar-refractivity contribution in [3.8, 4) is 0 Å². The number of carboxylic acid groups (broad SMARTS) is 2. The first-order valence-electron chi connectivity index (χ1n) is 18.5. The molecule has 7 N–H and O–H groups in total. The maximum Gasteiger partial charge on any atom is 0.326 e. The van der Waals surface area contributed by atoms with Gasteiger partial charge in [-0.1, -0.05) is 78.8 Å². The molecule has 2 rings (SSSR count). The predicted octanol–water partition coefficient (Wildman–Crippen LogP) is 1.36. The van der Waals surface area contributed by atoms with E-state index >= 15 is 0 Å². The highest BCUT2D eigenvalue weighted by atomic mass is 16.4. The Balaban J connectivity index is 2.30. The van der Waals surface area contributed by atoms with E-state index in [9.17, 15) is 48.6 Å². The number of carbonyl (C=O) groups excluding carboxylic acids is 6. The van der Waals surface area contributed by atoms with Gasteiger partial charge in [-0.2, -0.15) is 0 Å². The van der Waals surface area contributed by atoms with Crippen LogP contribution in [0.1, 0.15) is 92.6 Å². The van der Waals surface area contributed by atoms with E-state index in [1.165, 1.54) is 4.90 Å². The summed E-state index contributed by atoms with van der Waals surface area (Å²) in [5, 5.41) is 31.7. The van der Waals surface area contributed by atoms with Gasteiger partial charge in [0.2, 0.25) is 35.4 Å². The van der Waals surface area contributed by atoms with Gasteiger partial charge < -0.3 is 41.7 Å². The Morgan fingerprint density at radius 3 is 1.74 bits per heavy atom. The molecular formula is C38H58N6O10. The number of aryl methyl sites for hydroxylation is 1. The number of aliphatic carboxylic acids is 2. The van der Waals surface area contributed by atoms with Crippen molar-refractivity contribution in [2.24, 2.45) is 17.3 Å². The van der Waals surface area contributed by atoms with Crippen LogP contribution in [0.15, 0.2) is 30.3 Å². The number of nitrogens with zero attached hydrogens (tertiary/aromatic N) is 1. The monoisotopic (exact) mass is 758 g/mol. The van der Waals surface area contributed by atoms with Gasteiger partial charge in [0, 0.05) is 19.5 Å². The van der Waals surface area contributed by atoms with Crippen molar-refractivity contribution in [1.82, 2.24) is 31.5 Å². The van der Waals surface area contributed by atoms with Crippen LogP contribution in [0.25, 0.3) is 0 Å². The first kappa shape index (κ1) is 45.1. The van der Waals surface area contributed by atoms with Crippen LogP contribution in [0.4, 0.5) is 0 Å². The van der Waals surface area contributed by atoms with Crippen LogP contribution < -0.4 is 26.6 Å². The molecule has 54 heavy (non-hydrogen) atoms. The molecule has 5 atom stereocenters. The summed E-state index contributed by atoms with van der Waals surface area (Å²) in [6.07, 6.45) is 0.650. The van der Waals surface area contributed by atoms with Gasteiger partial charge >= 0.3 is 11.9 Å². The fraction of sp³-hybridized carbons (Fsp3) is 0.632. The van der Waals surface area contributed by atoms with Gasteiger partial charge in [-0.15, -0.1) is 0 Å². The van der Waals surface area contributed by atoms with Crippen molar-refractivity contribution in [2.45, 2.75) is 124 Å². The van der Waals surface area contributed by atoms with Gasteiger partial charge in [0.15, 0.2) is 0 Å². The standard InChI is InChI=1S/C38H58N6O10/c1-22(2)19-27(37(53)54)41-34(50)26(21-30(47)48)39-33(49)25(20-29(46)44-17-11-12-18-44)40-35(51)31(23(3)4)43-36(52)32(38(5,6)7)42-28(45)16-15-24-13-9-8-10-14-24/h8-10,13-14,22-23,25-27,31-32H,11-12,15-21H2,1-7H3,(H,39,49)(H,40,51)(H,41,50)(H,42,45)(H,43,52)(H,47,48)(H,53,54). The van der Waals surface area contributed by atoms with Gasteiger partial charge in [-0.05, 0) is 48.5 Å². The third-order valence-electron chi connectivity index (χ3n) is 8.97. The molecule has 0 spiro atoms. The van der Waals surface area contributed by atoms with E-state index in [2.05, 4.69) is 26.6 Å². The maximum atomic E-state index is 13.9. The predicted molar refractivity (Wildman–Crippen MR) is 198 cm³/mol. The van der Waals surface area contributed by atoms with Crippen molar-refractivity contribution in [3.05, 3.63) is 35.9 Å². The van der Waals surface area contributed by atoms with E-state index in [1.807, 2.05) is 30.3 Å². The van der Waals surface area contributed by atoms with Crippen LogP contribution in [-0.4, -0.2) is 106 Å². The van der Waals surface area contributed by atoms with Gasteiger partial charge in [0.1, 0.15) is 30.2 Å². The van der Waals surface area contributed by atoms with Gasteiger partial charge in [-0.25, -0.2) is 4.79 Å². The van der Waals surface area contributed by atoms with Crippen molar-refractivity contribution in [1.29, 1.82) is 0 Å². The molecule has 0 radical (unpaired) electrons. The van der Waals surface area contributed by atoms with E-state index in [0.29, 0.717) is 19.5 Å². The van der Waals surface area contributed by atoms with E-state index < -0.39 is 95.9 Å². The minimum atomic E-state index is -1.75. The molecule has 1 aliphatic heterocycles. The molecule has 0 aromatic heterocycles. The number of rotatable bonds is 20. The van der Waals surface area contributed by atoms with Crippen LogP contribution in [0.5, 0.6) is 0 Å². The number of amides is 6. The van der Waals surface area contributed by atoms with Crippen LogP contribution in [0, 0.1) is 17.3 Å². The molecule has 1 aliphatic rings. The molecule has 1 aromatic carbocycles. The smallest absolute Gasteiger partial charge is 0.326 e. The summed E-state index contributed by atoms with van der Waals surface area (Å²) in [5.74, 6) is -7.93. The Hall–Kier alpha value is -5.02. The van der Waals surface area contributed by atoms with Crippen LogP contribution >= 0.6 is 0 Å². The van der Waals surface area contributed by atoms with Gasteiger partial charge in [0.25, 0.3) is 0 Å². The van der Waals surface area contributed by atoms with Crippen LogP contribution in [-0.2, 0) is 44.8 Å². The third-order valence-corrected chi connectivity index (χ3v) is 8.97. The fourth-order valence-corrected chi connectivity index (χ4v) is 5.95. The Labute approximate surface area is 316 Å². The average Bonchev–Trinajstić information content (AvgIpc) is 3.62. The quantitative estimate of drug-likeness (QED) is 0.101. The molecule has 1 fully saturated rings. The lowest BCUT2D eigenvalue weighted by Gasteiger charge is -2.33. The maximum absolute atomic E-state index is 13.9. The second-order valence-electron chi connectivity index (χ2n) is 15.6. The van der Waals surface area contributed by atoms with E-state index in [0.717, 1.165) is 18.4 Å². The summed E-state index contributed by atoms with van der Waals surface area (Å²) in [6, 6.07) is 2.38. The lowest BCUT2D eigenvalue weighted by atomic mass is 9.85. The molecular weight excluding hydrogens is 700 g/mol. The zero-order valence-corrected chi connectivity index (χ0v) is 32.4. The Morgan fingerprint density at radius 2 is 1.24 bits per heavy atom. The molecule has 6 amide bonds. The number of benzene rings is 1. The first-order chi connectivity index (χ1) is 25.2. The molecule has 1 aromatic rings. The number of carboxylic acids is 2. The summed E-state index contributed by atoms with van der Waals surface area (Å²) < 4.78 is 0. The Morgan fingerprint density at radius 1 is 0.704 bits per heavy atom. The molecule has 0 saturated carbocycles. The molecule has 16 nitrogen and oxygen atoms in total. The summed E-state index contributed by atoms with van der Waals surface area (Å²) in [7, 11) is 0. The zero-order valence-electron chi connectivity index (χ0n) is 32.4. The third kappa shape index (κ3) is 15.1. The fourth-order valence-electron chi connectivity index (χ4n) is 5.95. The number of carbonyl (C=O) groups is 8. The van der Waals surface area contributed by atoms with Crippen molar-refractivity contribution < 1.29 is 48.6 Å². The Kier molecular flexibility index (Phi) is 17.6. The molecule has 16 heteroatoms. The molecule has 0 aliphatic carbocycles. The normalized spacial score (nSPS) is 15.7. The summed E-state index contributed by atoms with van der Waals surface area (Å²) in [6.45, 7) is 12.9. The van der Waals surface area contributed by atoms with Crippen LogP contribution in [0.2, 0.25) is 0 Å². The van der Waals surface area contributed by atoms with Crippen molar-refractivity contribution in [3.63, 3.8) is 0 Å². The highest BCUT2D eigenvalue weighted by Gasteiger charge is 2.38. The minimum absolute atomic E-state index is 0.0353. The van der Waals surface area contributed by atoms with E-state index in [-0.39, 0.29) is 24.7 Å². The molecule has 5 unspecified atom stereocenters. The number of hydrogen-bond acceptors (Lipinski definition) is 8. The largest absolute Gasteiger partial charge is 0.481 e. The number of likely N-dealkylation sites (tertiary alicyclic amines) is 1. The Bertz CT molecular complexity index is 1490. The van der Waals surface area contributed by atoms with Gasteiger partial charge in [0.05, 0.1) is 12.8 Å². The average molecular weight is 759 g/mol. The van der Waals surface area contributed by atoms with Gasteiger partial charge in [-0.3, -0.25) is 33.6 Å². The highest BCUT2D eigenvalue weighted by Crippen LogP contribution is 2.21. The SMILES string of the molecule is CC(C)CC(NC(=O)C(CC(=O)O)NC(=O)C(CC(=O)N1CCCC1)NC(=O)C(NC(=O)C(NC(=O)CCc1ccccc1)C(C)(C)C)C(C)C)C(=O)O. The number of nitrogens with one attached hydrogen (secondary N) is 5. The summed E-state index contributed by atoms with van der Waals surface area (Å²) in [5.41, 5.74) is 0.178. The molecule has 1 heterocycles. The van der Waals surface area contributed by atoms with Crippen molar-refractivity contribution in [2.75, 3.05) is 13.1 Å². The zero-order chi connectivity index (χ0) is 40.7. The summed E-state index contributed by atoms with van der Waals surface area (Å²) >= 11 is 0. The molecule has 300 valence electrons. The second-order valence-corrected chi connectivity index (χ2v) is 15.6. The van der Waals surface area contributed by atoms with Crippen molar-refractivity contribution >= 4 is 47.4 Å². The minimum Gasteiger partial charge on any atom is -0.481 e. The van der Waals surface area contributed by atoms with E-state index in [1.54, 1.807) is 48.5 Å². The summed E-state index contributed by atoms with van der Waals surface area (Å²) in [4.78, 5) is 106. The second kappa shape index (κ2) is 21.0. The first-order valence-corrected chi connectivity index (χ1v) is 18.5. The lowest BCUT2D eigenvalue weighted by molar-refractivity contribution is -0.144. The topological polar surface area (TPSA) is 240 Å². The van der Waals surface area contributed by atoms with E-state index in [4.69, 9.17) is 0 Å².